The maximum atomic E-state index is 10.9. The Balaban J connectivity index is 2.25. The molecule has 106 valence electrons. The van der Waals surface area contributed by atoms with Crippen molar-refractivity contribution in [1.82, 2.24) is 9.80 Å². The molecule has 3 heteroatoms. The smallest absolute Gasteiger partial charge is 0.0921 e. The van der Waals surface area contributed by atoms with E-state index >= 15 is 0 Å². The fourth-order valence-corrected chi connectivity index (χ4v) is 2.75. The van der Waals surface area contributed by atoms with E-state index in [1.807, 2.05) is 0 Å². The van der Waals surface area contributed by atoms with Crippen LogP contribution in [0.15, 0.2) is 18.2 Å². The van der Waals surface area contributed by atoms with Crippen molar-refractivity contribution < 1.29 is 5.11 Å². The van der Waals surface area contributed by atoms with Crippen molar-refractivity contribution in [2.24, 2.45) is 0 Å². The summed E-state index contributed by atoms with van der Waals surface area (Å²) in [6, 6.07) is 6.44. The van der Waals surface area contributed by atoms with Gasteiger partial charge < -0.3 is 14.9 Å². The van der Waals surface area contributed by atoms with Crippen molar-refractivity contribution in [3.8, 4) is 0 Å². The Kier molecular flexibility index (Phi) is 4.29. The first kappa shape index (κ1) is 14.5. The Hall–Kier alpha value is -0.900. The molecule has 19 heavy (non-hydrogen) atoms. The van der Waals surface area contributed by atoms with Gasteiger partial charge in [-0.15, -0.1) is 0 Å². The van der Waals surface area contributed by atoms with Gasteiger partial charge in [0.25, 0.3) is 0 Å². The Morgan fingerprint density at radius 1 is 1.26 bits per heavy atom. The molecule has 1 aromatic rings. The SMILES string of the molecule is Cc1ccc(C2(O)CCN(C)CC2)cc1CN(C)C. The minimum atomic E-state index is -0.638. The Labute approximate surface area is 116 Å². The quantitative estimate of drug-likeness (QED) is 0.902. The number of rotatable bonds is 3. The van der Waals surface area contributed by atoms with Gasteiger partial charge in [-0.05, 0) is 57.6 Å². The zero-order chi connectivity index (χ0) is 14.0. The molecule has 0 radical (unpaired) electrons. The average molecular weight is 262 g/mol. The number of nitrogens with zero attached hydrogens (tertiary/aromatic N) is 2. The second kappa shape index (κ2) is 5.61. The highest BCUT2D eigenvalue weighted by Gasteiger charge is 2.33. The molecule has 1 aliphatic heterocycles. The molecule has 1 saturated heterocycles. The van der Waals surface area contributed by atoms with Crippen LogP contribution >= 0.6 is 0 Å². The number of aryl methyl sites for hydroxylation is 1. The molecule has 0 aliphatic carbocycles. The normalized spacial score (nSPS) is 19.9. The highest BCUT2D eigenvalue weighted by atomic mass is 16.3. The van der Waals surface area contributed by atoms with E-state index in [4.69, 9.17) is 0 Å². The van der Waals surface area contributed by atoms with Crippen LogP contribution in [0, 0.1) is 6.92 Å². The van der Waals surface area contributed by atoms with Crippen LogP contribution in [-0.4, -0.2) is 49.1 Å². The number of likely N-dealkylation sites (tertiary alicyclic amines) is 1. The van der Waals surface area contributed by atoms with E-state index in [9.17, 15) is 5.11 Å². The largest absolute Gasteiger partial charge is 0.385 e. The molecule has 3 nitrogen and oxygen atoms in total. The van der Waals surface area contributed by atoms with E-state index < -0.39 is 5.60 Å². The minimum Gasteiger partial charge on any atom is -0.385 e. The summed E-state index contributed by atoms with van der Waals surface area (Å²) in [5.74, 6) is 0. The maximum Gasteiger partial charge on any atom is 0.0921 e. The number of hydrogen-bond acceptors (Lipinski definition) is 3. The van der Waals surface area contributed by atoms with Gasteiger partial charge >= 0.3 is 0 Å². The fourth-order valence-electron chi connectivity index (χ4n) is 2.75. The summed E-state index contributed by atoms with van der Waals surface area (Å²) in [4.78, 5) is 4.45. The summed E-state index contributed by atoms with van der Waals surface area (Å²) in [7, 11) is 6.28. The van der Waals surface area contributed by atoms with Crippen LogP contribution < -0.4 is 0 Å². The van der Waals surface area contributed by atoms with Gasteiger partial charge in [-0.2, -0.15) is 0 Å². The first-order chi connectivity index (χ1) is 8.90. The van der Waals surface area contributed by atoms with Gasteiger partial charge in [0.1, 0.15) is 0 Å². The maximum absolute atomic E-state index is 10.9. The molecule has 1 aromatic carbocycles. The Bertz CT molecular complexity index is 434. The van der Waals surface area contributed by atoms with Crippen LogP contribution in [0.5, 0.6) is 0 Å². The van der Waals surface area contributed by atoms with Crippen molar-refractivity contribution >= 4 is 0 Å². The first-order valence-corrected chi connectivity index (χ1v) is 7.06. The van der Waals surface area contributed by atoms with Gasteiger partial charge in [0.2, 0.25) is 0 Å². The molecule has 1 aliphatic rings. The van der Waals surface area contributed by atoms with Gasteiger partial charge in [-0.1, -0.05) is 18.2 Å². The predicted molar refractivity (Wildman–Crippen MR) is 79.2 cm³/mol. The van der Waals surface area contributed by atoms with Crippen molar-refractivity contribution in [3.63, 3.8) is 0 Å². The van der Waals surface area contributed by atoms with E-state index in [-0.39, 0.29) is 0 Å². The topological polar surface area (TPSA) is 26.7 Å². The summed E-state index contributed by atoms with van der Waals surface area (Å²) in [5.41, 5.74) is 3.06. The summed E-state index contributed by atoms with van der Waals surface area (Å²) >= 11 is 0. The summed E-state index contributed by atoms with van der Waals surface area (Å²) < 4.78 is 0. The van der Waals surface area contributed by atoms with Gasteiger partial charge in [0.15, 0.2) is 0 Å². The third-order valence-electron chi connectivity index (χ3n) is 4.19. The Morgan fingerprint density at radius 3 is 2.47 bits per heavy atom. The second-order valence-electron chi connectivity index (χ2n) is 6.21. The molecule has 0 amide bonds. The summed E-state index contributed by atoms with van der Waals surface area (Å²) in [5, 5.41) is 10.9. The number of aliphatic hydroxyl groups is 1. The van der Waals surface area contributed by atoms with E-state index in [2.05, 4.69) is 56.1 Å². The van der Waals surface area contributed by atoms with Crippen LogP contribution in [-0.2, 0) is 12.1 Å². The van der Waals surface area contributed by atoms with E-state index in [0.717, 1.165) is 38.0 Å². The molecule has 1 fully saturated rings. The molecule has 0 aromatic heterocycles. The van der Waals surface area contributed by atoms with E-state index in [0.29, 0.717) is 0 Å². The third kappa shape index (κ3) is 3.35. The van der Waals surface area contributed by atoms with Gasteiger partial charge in [0, 0.05) is 19.6 Å². The fraction of sp³-hybridized carbons (Fsp3) is 0.625. The summed E-state index contributed by atoms with van der Waals surface area (Å²) in [6.45, 7) is 5.00. The average Bonchev–Trinajstić information content (AvgIpc) is 2.35. The molecule has 0 saturated carbocycles. The molecule has 0 spiro atoms. The highest BCUT2D eigenvalue weighted by molar-refractivity contribution is 5.34. The zero-order valence-corrected chi connectivity index (χ0v) is 12.6. The molecule has 0 unspecified atom stereocenters. The van der Waals surface area contributed by atoms with Crippen LogP contribution in [0.4, 0.5) is 0 Å². The lowest BCUT2D eigenvalue weighted by atomic mass is 9.83. The lowest BCUT2D eigenvalue weighted by molar-refractivity contribution is -0.0204. The predicted octanol–water partition coefficient (Wildman–Crippen LogP) is 1.97. The lowest BCUT2D eigenvalue weighted by Gasteiger charge is -2.37. The standard InChI is InChI=1S/C16H26N2O/c1-13-5-6-15(11-14(13)12-17(2)3)16(19)7-9-18(4)10-8-16/h5-6,11,19H,7-10,12H2,1-4H3. The van der Waals surface area contributed by atoms with Crippen LogP contribution in [0.2, 0.25) is 0 Å². The third-order valence-corrected chi connectivity index (χ3v) is 4.19. The molecular weight excluding hydrogens is 236 g/mol. The van der Waals surface area contributed by atoms with Crippen molar-refractivity contribution in [3.05, 3.63) is 34.9 Å². The minimum absolute atomic E-state index is 0.638. The van der Waals surface area contributed by atoms with Crippen LogP contribution in [0.3, 0.4) is 0 Å². The summed E-state index contributed by atoms with van der Waals surface area (Å²) in [6.07, 6.45) is 1.65. The first-order valence-electron chi connectivity index (χ1n) is 7.06. The number of piperidine rings is 1. The molecular formula is C16H26N2O. The lowest BCUT2D eigenvalue weighted by Crippen LogP contribution is -2.40. The second-order valence-corrected chi connectivity index (χ2v) is 6.21. The molecule has 0 atom stereocenters. The van der Waals surface area contributed by atoms with Gasteiger partial charge in [0.05, 0.1) is 5.60 Å². The monoisotopic (exact) mass is 262 g/mol. The highest BCUT2D eigenvalue weighted by Crippen LogP contribution is 2.33. The van der Waals surface area contributed by atoms with E-state index in [1.165, 1.54) is 11.1 Å². The molecule has 2 rings (SSSR count). The van der Waals surface area contributed by atoms with Crippen molar-refractivity contribution in [1.29, 1.82) is 0 Å². The van der Waals surface area contributed by atoms with Crippen molar-refractivity contribution in [2.45, 2.75) is 31.9 Å². The number of benzene rings is 1. The van der Waals surface area contributed by atoms with Gasteiger partial charge in [-0.3, -0.25) is 0 Å². The Morgan fingerprint density at radius 2 is 1.89 bits per heavy atom. The van der Waals surface area contributed by atoms with Crippen LogP contribution in [0.25, 0.3) is 0 Å². The molecule has 1 N–H and O–H groups in total. The molecule has 1 heterocycles. The van der Waals surface area contributed by atoms with Crippen LogP contribution in [0.1, 0.15) is 29.5 Å². The van der Waals surface area contributed by atoms with Gasteiger partial charge in [-0.25, -0.2) is 0 Å². The van der Waals surface area contributed by atoms with E-state index in [1.54, 1.807) is 0 Å². The van der Waals surface area contributed by atoms with Crippen molar-refractivity contribution in [2.75, 3.05) is 34.2 Å². The zero-order valence-electron chi connectivity index (χ0n) is 12.6. The molecule has 0 bridgehead atoms. The number of hydrogen-bond donors (Lipinski definition) is 1.